The standard InChI is InChI=1S/C30H63N/c1-4-7-10-11-12-13-14-15-16-17-18-19-20-21-22-23-24-25-26-27-30-31(28-8-5-2)29-9-6-3/h4-30H2,1-3H3. The molecule has 0 amide bonds. The third-order valence-corrected chi connectivity index (χ3v) is 6.98. The van der Waals surface area contributed by atoms with Crippen LogP contribution < -0.4 is 0 Å². The lowest BCUT2D eigenvalue weighted by molar-refractivity contribution is 0.259. The highest BCUT2D eigenvalue weighted by Crippen LogP contribution is 2.15. The van der Waals surface area contributed by atoms with Crippen molar-refractivity contribution in [1.82, 2.24) is 4.90 Å². The molecule has 0 aliphatic heterocycles. The molecule has 0 aliphatic carbocycles. The highest BCUT2D eigenvalue weighted by molar-refractivity contribution is 4.59. The Morgan fingerprint density at radius 3 is 0.774 bits per heavy atom. The van der Waals surface area contributed by atoms with Crippen LogP contribution in [0.4, 0.5) is 0 Å². The normalized spacial score (nSPS) is 11.6. The van der Waals surface area contributed by atoms with E-state index in [4.69, 9.17) is 0 Å². The maximum atomic E-state index is 2.72. The Labute approximate surface area is 199 Å². The molecule has 0 radical (unpaired) electrons. The van der Waals surface area contributed by atoms with E-state index in [-0.39, 0.29) is 0 Å². The molecule has 0 saturated carbocycles. The molecule has 0 heterocycles. The minimum atomic E-state index is 1.33. The van der Waals surface area contributed by atoms with E-state index < -0.39 is 0 Å². The van der Waals surface area contributed by atoms with Crippen LogP contribution in [0.1, 0.15) is 175 Å². The molecule has 188 valence electrons. The van der Waals surface area contributed by atoms with Gasteiger partial charge in [-0.3, -0.25) is 0 Å². The largest absolute Gasteiger partial charge is 0.303 e. The average Bonchev–Trinajstić information content (AvgIpc) is 2.79. The van der Waals surface area contributed by atoms with E-state index in [1.54, 1.807) is 0 Å². The topological polar surface area (TPSA) is 3.24 Å². The first-order valence-corrected chi connectivity index (χ1v) is 15.1. The lowest BCUT2D eigenvalue weighted by Crippen LogP contribution is -2.27. The fraction of sp³-hybridized carbons (Fsp3) is 1.00. The van der Waals surface area contributed by atoms with E-state index in [0.29, 0.717) is 0 Å². The summed E-state index contributed by atoms with van der Waals surface area (Å²) in [6, 6.07) is 0. The van der Waals surface area contributed by atoms with Crippen molar-refractivity contribution in [3.05, 3.63) is 0 Å². The summed E-state index contributed by atoms with van der Waals surface area (Å²) in [5.41, 5.74) is 0. The van der Waals surface area contributed by atoms with Gasteiger partial charge in [-0.25, -0.2) is 0 Å². The van der Waals surface area contributed by atoms with Gasteiger partial charge in [-0.05, 0) is 38.9 Å². The van der Waals surface area contributed by atoms with Crippen molar-refractivity contribution >= 4 is 0 Å². The van der Waals surface area contributed by atoms with Crippen molar-refractivity contribution in [2.24, 2.45) is 0 Å². The van der Waals surface area contributed by atoms with Gasteiger partial charge in [0.2, 0.25) is 0 Å². The number of nitrogens with zero attached hydrogens (tertiary/aromatic N) is 1. The first kappa shape index (κ1) is 31.0. The molecule has 0 aromatic rings. The molecule has 0 aromatic carbocycles. The van der Waals surface area contributed by atoms with Crippen LogP contribution in [0.2, 0.25) is 0 Å². The van der Waals surface area contributed by atoms with Crippen LogP contribution in [0.5, 0.6) is 0 Å². The fourth-order valence-corrected chi connectivity index (χ4v) is 4.69. The van der Waals surface area contributed by atoms with Gasteiger partial charge in [0, 0.05) is 0 Å². The van der Waals surface area contributed by atoms with Gasteiger partial charge >= 0.3 is 0 Å². The van der Waals surface area contributed by atoms with Crippen LogP contribution in [0, 0.1) is 0 Å². The molecule has 0 bridgehead atoms. The molecular weight excluding hydrogens is 374 g/mol. The van der Waals surface area contributed by atoms with Crippen LogP contribution >= 0.6 is 0 Å². The third-order valence-electron chi connectivity index (χ3n) is 6.98. The molecule has 0 rings (SSSR count). The summed E-state index contributed by atoms with van der Waals surface area (Å²) in [7, 11) is 0. The second-order valence-electron chi connectivity index (χ2n) is 10.3. The molecule has 0 unspecified atom stereocenters. The Kier molecular flexibility index (Phi) is 28.0. The first-order valence-electron chi connectivity index (χ1n) is 15.1. The molecule has 0 aromatic heterocycles. The predicted molar refractivity (Wildman–Crippen MR) is 144 cm³/mol. The highest BCUT2D eigenvalue weighted by atomic mass is 15.1. The molecular formula is C30H63N. The van der Waals surface area contributed by atoms with Gasteiger partial charge < -0.3 is 4.90 Å². The monoisotopic (exact) mass is 437 g/mol. The summed E-state index contributed by atoms with van der Waals surface area (Å²) in [6.07, 6.45) is 34.8. The van der Waals surface area contributed by atoms with Crippen molar-refractivity contribution in [3.8, 4) is 0 Å². The first-order chi connectivity index (χ1) is 15.3. The lowest BCUT2D eigenvalue weighted by Gasteiger charge is -2.21. The molecule has 1 heteroatoms. The maximum absolute atomic E-state index is 2.72. The zero-order valence-corrected chi connectivity index (χ0v) is 22.5. The fourth-order valence-electron chi connectivity index (χ4n) is 4.69. The van der Waals surface area contributed by atoms with Gasteiger partial charge in [0.05, 0.1) is 0 Å². The smallest absolute Gasteiger partial charge is 0.00187 e. The van der Waals surface area contributed by atoms with Crippen molar-refractivity contribution in [2.75, 3.05) is 19.6 Å². The number of hydrogen-bond donors (Lipinski definition) is 0. The Bertz CT molecular complexity index is 293. The van der Waals surface area contributed by atoms with Gasteiger partial charge in [0.1, 0.15) is 0 Å². The second-order valence-corrected chi connectivity index (χ2v) is 10.3. The highest BCUT2D eigenvalue weighted by Gasteiger charge is 2.03. The van der Waals surface area contributed by atoms with Crippen LogP contribution in [-0.2, 0) is 0 Å². The van der Waals surface area contributed by atoms with Gasteiger partial charge in [-0.15, -0.1) is 0 Å². The third kappa shape index (κ3) is 26.1. The van der Waals surface area contributed by atoms with Gasteiger partial charge in [0.15, 0.2) is 0 Å². The SMILES string of the molecule is CCCCCCCCCCCCCCCCCCCCCCN(CCCC)CCCC. The molecule has 31 heavy (non-hydrogen) atoms. The van der Waals surface area contributed by atoms with Crippen molar-refractivity contribution in [1.29, 1.82) is 0 Å². The van der Waals surface area contributed by atoms with Crippen LogP contribution in [0.15, 0.2) is 0 Å². The molecule has 0 spiro atoms. The van der Waals surface area contributed by atoms with E-state index in [1.165, 1.54) is 174 Å². The van der Waals surface area contributed by atoms with Crippen LogP contribution in [-0.4, -0.2) is 24.5 Å². The van der Waals surface area contributed by atoms with E-state index in [9.17, 15) is 0 Å². The van der Waals surface area contributed by atoms with E-state index in [1.807, 2.05) is 0 Å². The number of rotatable bonds is 27. The van der Waals surface area contributed by atoms with E-state index in [0.717, 1.165) is 0 Å². The maximum Gasteiger partial charge on any atom is -0.00187 e. The Morgan fingerprint density at radius 2 is 0.484 bits per heavy atom. The van der Waals surface area contributed by atoms with Crippen LogP contribution in [0.3, 0.4) is 0 Å². The van der Waals surface area contributed by atoms with Gasteiger partial charge in [-0.1, -0.05) is 156 Å². The minimum Gasteiger partial charge on any atom is -0.303 e. The zero-order chi connectivity index (χ0) is 22.7. The molecule has 1 nitrogen and oxygen atoms in total. The zero-order valence-electron chi connectivity index (χ0n) is 22.5. The summed E-state index contributed by atoms with van der Waals surface area (Å²) in [6.45, 7) is 10.9. The van der Waals surface area contributed by atoms with Crippen molar-refractivity contribution in [2.45, 2.75) is 175 Å². The Hall–Kier alpha value is -0.0400. The van der Waals surface area contributed by atoms with E-state index in [2.05, 4.69) is 25.7 Å². The minimum absolute atomic E-state index is 1.33. The molecule has 0 fully saturated rings. The summed E-state index contributed by atoms with van der Waals surface area (Å²) < 4.78 is 0. The summed E-state index contributed by atoms with van der Waals surface area (Å²) >= 11 is 0. The number of hydrogen-bond acceptors (Lipinski definition) is 1. The second kappa shape index (κ2) is 28.0. The van der Waals surface area contributed by atoms with Crippen molar-refractivity contribution < 1.29 is 0 Å². The molecule has 0 saturated heterocycles. The lowest BCUT2D eigenvalue weighted by atomic mass is 10.0. The van der Waals surface area contributed by atoms with Crippen molar-refractivity contribution in [3.63, 3.8) is 0 Å². The van der Waals surface area contributed by atoms with Gasteiger partial charge in [0.25, 0.3) is 0 Å². The average molecular weight is 438 g/mol. The quantitative estimate of drug-likeness (QED) is 0.115. The molecule has 0 aliphatic rings. The summed E-state index contributed by atoms with van der Waals surface area (Å²) in [5.74, 6) is 0. The Morgan fingerprint density at radius 1 is 0.258 bits per heavy atom. The predicted octanol–water partition coefficient (Wildman–Crippen LogP) is 10.7. The summed E-state index contributed by atoms with van der Waals surface area (Å²) in [5, 5.41) is 0. The summed E-state index contributed by atoms with van der Waals surface area (Å²) in [4.78, 5) is 2.72. The molecule has 0 N–H and O–H groups in total. The Balaban J connectivity index is 3.20. The van der Waals surface area contributed by atoms with Crippen LogP contribution in [0.25, 0.3) is 0 Å². The molecule has 0 atom stereocenters. The number of unbranched alkanes of at least 4 members (excludes halogenated alkanes) is 21. The van der Waals surface area contributed by atoms with Gasteiger partial charge in [-0.2, -0.15) is 0 Å². The van der Waals surface area contributed by atoms with E-state index >= 15 is 0 Å².